The number of benzene rings is 1. The zero-order valence-corrected chi connectivity index (χ0v) is 11.9. The second-order valence-corrected chi connectivity index (χ2v) is 5.80. The van der Waals surface area contributed by atoms with Crippen molar-refractivity contribution in [3.05, 3.63) is 29.8 Å². The van der Waals surface area contributed by atoms with Crippen LogP contribution in [0.3, 0.4) is 0 Å². The lowest BCUT2D eigenvalue weighted by Crippen LogP contribution is -2.46. The van der Waals surface area contributed by atoms with Gasteiger partial charge in [0.25, 0.3) is 11.8 Å². The lowest BCUT2D eigenvalue weighted by atomic mass is 10.2. The van der Waals surface area contributed by atoms with Crippen LogP contribution in [0.15, 0.2) is 29.2 Å². The molecule has 0 saturated carbocycles. The molecule has 108 valence electrons. The van der Waals surface area contributed by atoms with Gasteiger partial charge in [0, 0.05) is 34.1 Å². The first-order valence-electron chi connectivity index (χ1n) is 6.23. The van der Waals surface area contributed by atoms with Gasteiger partial charge in [-0.15, -0.1) is 0 Å². The van der Waals surface area contributed by atoms with E-state index in [2.05, 4.69) is 10.9 Å². The molecule has 2 N–H and O–H groups in total. The third-order valence-corrected chi connectivity index (χ3v) is 3.91. The molecule has 1 aromatic rings. The second kappa shape index (κ2) is 6.62. The van der Waals surface area contributed by atoms with Gasteiger partial charge in [-0.1, -0.05) is 0 Å². The number of hydrogen-bond acceptors (Lipinski definition) is 4. The number of nitrogens with one attached hydrogen (secondary N) is 2. The molecule has 1 aromatic carbocycles. The molecule has 2 atom stereocenters. The van der Waals surface area contributed by atoms with E-state index in [0.717, 1.165) is 6.42 Å². The van der Waals surface area contributed by atoms with Crippen LogP contribution in [0.25, 0.3) is 0 Å². The van der Waals surface area contributed by atoms with Gasteiger partial charge in [0.2, 0.25) is 0 Å². The Morgan fingerprint density at radius 2 is 1.95 bits per heavy atom. The summed E-state index contributed by atoms with van der Waals surface area (Å²) in [5.74, 6) is -0.771. The van der Waals surface area contributed by atoms with Crippen molar-refractivity contribution in [3.63, 3.8) is 0 Å². The molecule has 1 saturated heterocycles. The molecule has 0 radical (unpaired) electrons. The molecule has 1 aliphatic heterocycles. The van der Waals surface area contributed by atoms with Gasteiger partial charge in [0.1, 0.15) is 6.10 Å². The molecule has 0 aliphatic carbocycles. The van der Waals surface area contributed by atoms with Crippen LogP contribution in [0.4, 0.5) is 0 Å². The molecule has 1 aliphatic rings. The van der Waals surface area contributed by atoms with Crippen LogP contribution in [0, 0.1) is 0 Å². The second-order valence-electron chi connectivity index (χ2n) is 4.42. The molecule has 1 heterocycles. The highest BCUT2D eigenvalue weighted by atomic mass is 32.2. The average Bonchev–Trinajstić information content (AvgIpc) is 2.98. The van der Waals surface area contributed by atoms with Crippen molar-refractivity contribution in [2.75, 3.05) is 12.9 Å². The number of amides is 2. The molecular weight excluding hydrogens is 280 g/mol. The van der Waals surface area contributed by atoms with Gasteiger partial charge in [-0.05, 0) is 37.1 Å². The summed E-state index contributed by atoms with van der Waals surface area (Å²) < 4.78 is 16.4. The Labute approximate surface area is 119 Å². The zero-order valence-electron chi connectivity index (χ0n) is 11.0. The first-order chi connectivity index (χ1) is 9.58. The van der Waals surface area contributed by atoms with E-state index in [-0.39, 0.29) is 5.91 Å². The van der Waals surface area contributed by atoms with Gasteiger partial charge >= 0.3 is 0 Å². The largest absolute Gasteiger partial charge is 0.368 e. The molecule has 2 amide bonds. The maximum atomic E-state index is 11.8. The van der Waals surface area contributed by atoms with E-state index in [1.54, 1.807) is 30.5 Å². The number of carbonyl (C=O) groups is 2. The Kier molecular flexibility index (Phi) is 4.86. The summed E-state index contributed by atoms with van der Waals surface area (Å²) in [5.41, 5.74) is 5.05. The minimum atomic E-state index is -1.08. The fraction of sp³-hybridized carbons (Fsp3) is 0.385. The van der Waals surface area contributed by atoms with Gasteiger partial charge < -0.3 is 4.74 Å². The van der Waals surface area contributed by atoms with Gasteiger partial charge in [-0.25, -0.2) is 0 Å². The summed E-state index contributed by atoms with van der Waals surface area (Å²) >= 11 is 0. The van der Waals surface area contributed by atoms with Crippen LogP contribution in [0.2, 0.25) is 0 Å². The summed E-state index contributed by atoms with van der Waals surface area (Å²) in [6.45, 7) is 0.571. The van der Waals surface area contributed by atoms with Crippen molar-refractivity contribution >= 4 is 22.6 Å². The van der Waals surface area contributed by atoms with Crippen LogP contribution < -0.4 is 10.9 Å². The minimum absolute atomic E-state index is 0.345. The van der Waals surface area contributed by atoms with Gasteiger partial charge in [0.05, 0.1) is 0 Å². The van der Waals surface area contributed by atoms with Crippen LogP contribution in [-0.4, -0.2) is 35.0 Å². The van der Waals surface area contributed by atoms with Crippen molar-refractivity contribution in [1.29, 1.82) is 0 Å². The van der Waals surface area contributed by atoms with E-state index in [9.17, 15) is 13.8 Å². The standard InChI is InChI=1S/C13H16N2O4S/c1-20(18)10-6-4-9(5-7-10)12(16)14-15-13(17)11-3-2-8-19-11/h4-7,11H,2-3,8H2,1H3,(H,14,16)(H,15,17). The molecule has 0 spiro atoms. The Bertz CT molecular complexity index is 524. The van der Waals surface area contributed by atoms with Crippen LogP contribution >= 0.6 is 0 Å². The van der Waals surface area contributed by atoms with Crippen molar-refractivity contribution in [1.82, 2.24) is 10.9 Å². The normalized spacial score (nSPS) is 19.4. The third kappa shape index (κ3) is 3.64. The van der Waals surface area contributed by atoms with Crippen molar-refractivity contribution in [2.24, 2.45) is 0 Å². The highest BCUT2D eigenvalue weighted by Gasteiger charge is 2.23. The fourth-order valence-electron chi connectivity index (χ4n) is 1.85. The van der Waals surface area contributed by atoms with Crippen LogP contribution in [0.5, 0.6) is 0 Å². The van der Waals surface area contributed by atoms with E-state index >= 15 is 0 Å². The van der Waals surface area contributed by atoms with Crippen molar-refractivity contribution in [3.8, 4) is 0 Å². The van der Waals surface area contributed by atoms with Crippen molar-refractivity contribution in [2.45, 2.75) is 23.8 Å². The SMILES string of the molecule is CS(=O)c1ccc(C(=O)NNC(=O)C2CCCO2)cc1. The maximum Gasteiger partial charge on any atom is 0.269 e. The Morgan fingerprint density at radius 1 is 1.25 bits per heavy atom. The Morgan fingerprint density at radius 3 is 2.50 bits per heavy atom. The van der Waals surface area contributed by atoms with E-state index in [1.807, 2.05) is 0 Å². The zero-order chi connectivity index (χ0) is 14.5. The minimum Gasteiger partial charge on any atom is -0.368 e. The molecule has 7 heteroatoms. The summed E-state index contributed by atoms with van der Waals surface area (Å²) in [4.78, 5) is 24.1. The van der Waals surface area contributed by atoms with E-state index in [1.165, 1.54) is 0 Å². The Balaban J connectivity index is 1.88. The van der Waals surface area contributed by atoms with E-state index in [4.69, 9.17) is 4.74 Å². The lowest BCUT2D eigenvalue weighted by molar-refractivity contribution is -0.130. The highest BCUT2D eigenvalue weighted by Crippen LogP contribution is 2.11. The summed E-state index contributed by atoms with van der Waals surface area (Å²) in [5, 5.41) is 0. The molecule has 0 bridgehead atoms. The molecule has 0 aromatic heterocycles. The number of ether oxygens (including phenoxy) is 1. The molecule has 2 rings (SSSR count). The van der Waals surface area contributed by atoms with Gasteiger partial charge in [0.15, 0.2) is 0 Å². The summed E-state index contributed by atoms with van der Waals surface area (Å²) in [6.07, 6.45) is 2.59. The third-order valence-electron chi connectivity index (χ3n) is 2.97. The highest BCUT2D eigenvalue weighted by molar-refractivity contribution is 7.84. The van der Waals surface area contributed by atoms with Gasteiger partial charge in [-0.2, -0.15) is 0 Å². The topological polar surface area (TPSA) is 84.5 Å². The summed E-state index contributed by atoms with van der Waals surface area (Å²) in [7, 11) is -1.08. The molecule has 2 unspecified atom stereocenters. The number of rotatable bonds is 3. The summed E-state index contributed by atoms with van der Waals surface area (Å²) in [6, 6.07) is 6.36. The van der Waals surface area contributed by atoms with E-state index in [0.29, 0.717) is 23.5 Å². The molecule has 20 heavy (non-hydrogen) atoms. The number of hydrogen-bond donors (Lipinski definition) is 2. The molecular formula is C13H16N2O4S. The fourth-order valence-corrected chi connectivity index (χ4v) is 2.37. The smallest absolute Gasteiger partial charge is 0.269 e. The van der Waals surface area contributed by atoms with Crippen LogP contribution in [0.1, 0.15) is 23.2 Å². The predicted molar refractivity (Wildman–Crippen MR) is 73.4 cm³/mol. The average molecular weight is 296 g/mol. The quantitative estimate of drug-likeness (QED) is 0.789. The molecule has 1 fully saturated rings. The maximum absolute atomic E-state index is 11.8. The predicted octanol–water partition coefficient (Wildman–Crippen LogP) is 0.364. The number of carbonyl (C=O) groups excluding carboxylic acids is 2. The van der Waals surface area contributed by atoms with Crippen molar-refractivity contribution < 1.29 is 18.5 Å². The molecule has 6 nitrogen and oxygen atoms in total. The van der Waals surface area contributed by atoms with Crippen LogP contribution in [-0.2, 0) is 20.3 Å². The first-order valence-corrected chi connectivity index (χ1v) is 7.79. The number of hydrazine groups is 1. The van der Waals surface area contributed by atoms with E-state index < -0.39 is 22.8 Å². The Hall–Kier alpha value is -1.73. The monoisotopic (exact) mass is 296 g/mol. The lowest BCUT2D eigenvalue weighted by Gasteiger charge is -2.11. The van der Waals surface area contributed by atoms with Gasteiger partial charge in [-0.3, -0.25) is 24.6 Å². The first kappa shape index (κ1) is 14.7.